The Morgan fingerprint density at radius 3 is 2.48 bits per heavy atom. The molecule has 0 heterocycles. The molecule has 0 aliphatic heterocycles. The average molecular weight is 408 g/mol. The van der Waals surface area contributed by atoms with Crippen molar-refractivity contribution in [3.8, 4) is 11.5 Å². The Labute approximate surface area is 154 Å². The van der Waals surface area contributed by atoms with Gasteiger partial charge in [0.2, 0.25) is 0 Å². The minimum Gasteiger partial charge on any atom is -0.493 e. The number of aryl methyl sites for hydroxylation is 1. The summed E-state index contributed by atoms with van der Waals surface area (Å²) in [7, 11) is 2.75. The summed E-state index contributed by atoms with van der Waals surface area (Å²) in [5.41, 5.74) is 2.11. The zero-order chi connectivity index (χ0) is 18.4. The summed E-state index contributed by atoms with van der Waals surface area (Å²) < 4.78 is 16.0. The van der Waals surface area contributed by atoms with Crippen LogP contribution >= 0.6 is 15.9 Å². The Morgan fingerprint density at radius 2 is 1.84 bits per heavy atom. The molecule has 0 saturated heterocycles. The van der Waals surface area contributed by atoms with Crippen LogP contribution in [0.2, 0.25) is 0 Å². The number of rotatable bonds is 6. The third-order valence-corrected chi connectivity index (χ3v) is 4.28. The number of hydrogen-bond donors (Lipinski definition) is 1. The highest BCUT2D eigenvalue weighted by atomic mass is 79.9. The number of nitrogens with one attached hydrogen (secondary N) is 1. The molecule has 0 radical (unpaired) electrons. The summed E-state index contributed by atoms with van der Waals surface area (Å²) in [6.07, 6.45) is 0. The van der Waals surface area contributed by atoms with E-state index in [1.54, 1.807) is 12.1 Å². The molecule has 0 atom stereocenters. The van der Waals surface area contributed by atoms with E-state index in [4.69, 9.17) is 9.47 Å². The standard InChI is InChI=1S/C18H18BrNO5/c1-11-4-6-13(9-14(11)19)20-18(22)12-5-7-15(23-2)16(8-12)25-10-17(21)24-3/h4-9H,10H2,1-3H3,(H,20,22). The van der Waals surface area contributed by atoms with Gasteiger partial charge in [0, 0.05) is 15.7 Å². The van der Waals surface area contributed by atoms with Gasteiger partial charge in [-0.05, 0) is 42.8 Å². The third-order valence-electron chi connectivity index (χ3n) is 3.43. The summed E-state index contributed by atoms with van der Waals surface area (Å²) in [5, 5.41) is 2.81. The van der Waals surface area contributed by atoms with Crippen LogP contribution in [0, 0.1) is 6.92 Å². The van der Waals surface area contributed by atoms with Crippen LogP contribution < -0.4 is 14.8 Å². The first kappa shape index (κ1) is 18.8. The van der Waals surface area contributed by atoms with E-state index in [2.05, 4.69) is 26.0 Å². The molecule has 2 rings (SSSR count). The molecule has 1 amide bonds. The van der Waals surface area contributed by atoms with E-state index in [9.17, 15) is 9.59 Å². The van der Waals surface area contributed by atoms with Crippen molar-refractivity contribution in [2.75, 3.05) is 26.1 Å². The van der Waals surface area contributed by atoms with Crippen molar-refractivity contribution < 1.29 is 23.8 Å². The first-order valence-electron chi connectivity index (χ1n) is 7.39. The molecule has 6 nitrogen and oxygen atoms in total. The van der Waals surface area contributed by atoms with Crippen LogP contribution in [0.4, 0.5) is 5.69 Å². The summed E-state index contributed by atoms with van der Waals surface area (Å²) in [6.45, 7) is 1.69. The van der Waals surface area contributed by atoms with E-state index in [-0.39, 0.29) is 18.3 Å². The zero-order valence-corrected chi connectivity index (χ0v) is 15.7. The van der Waals surface area contributed by atoms with Crippen molar-refractivity contribution >= 4 is 33.5 Å². The number of esters is 1. The Morgan fingerprint density at radius 1 is 1.08 bits per heavy atom. The number of anilines is 1. The number of carbonyl (C=O) groups excluding carboxylic acids is 2. The summed E-state index contributed by atoms with van der Waals surface area (Å²) >= 11 is 3.43. The molecular formula is C18H18BrNO5. The fourth-order valence-corrected chi connectivity index (χ4v) is 2.38. The van der Waals surface area contributed by atoms with Crippen molar-refractivity contribution in [1.29, 1.82) is 0 Å². The summed E-state index contributed by atoms with van der Waals surface area (Å²) in [4.78, 5) is 23.7. The molecule has 0 aliphatic rings. The maximum absolute atomic E-state index is 12.4. The third kappa shape index (κ3) is 4.96. The van der Waals surface area contributed by atoms with E-state index in [0.717, 1.165) is 10.0 Å². The largest absolute Gasteiger partial charge is 0.493 e. The van der Waals surface area contributed by atoms with Gasteiger partial charge in [0.05, 0.1) is 14.2 Å². The Bertz CT molecular complexity index is 791. The Balaban J connectivity index is 2.18. The van der Waals surface area contributed by atoms with Crippen LogP contribution in [0.3, 0.4) is 0 Å². The minimum atomic E-state index is -0.526. The minimum absolute atomic E-state index is 0.275. The average Bonchev–Trinajstić information content (AvgIpc) is 2.62. The van der Waals surface area contributed by atoms with Crippen LogP contribution in [0.1, 0.15) is 15.9 Å². The highest BCUT2D eigenvalue weighted by molar-refractivity contribution is 9.10. The van der Waals surface area contributed by atoms with Crippen molar-refractivity contribution in [3.05, 3.63) is 52.0 Å². The van der Waals surface area contributed by atoms with Gasteiger partial charge in [0.1, 0.15) is 0 Å². The summed E-state index contributed by atoms with van der Waals surface area (Å²) in [5.74, 6) is -0.132. The van der Waals surface area contributed by atoms with Crippen molar-refractivity contribution in [2.45, 2.75) is 6.92 Å². The van der Waals surface area contributed by atoms with Crippen molar-refractivity contribution in [1.82, 2.24) is 0 Å². The smallest absolute Gasteiger partial charge is 0.343 e. The van der Waals surface area contributed by atoms with Gasteiger partial charge in [-0.15, -0.1) is 0 Å². The number of benzene rings is 2. The van der Waals surface area contributed by atoms with Crippen molar-refractivity contribution in [2.24, 2.45) is 0 Å². The fraction of sp³-hybridized carbons (Fsp3) is 0.222. The van der Waals surface area contributed by atoms with Gasteiger partial charge in [-0.2, -0.15) is 0 Å². The number of amides is 1. The van der Waals surface area contributed by atoms with E-state index >= 15 is 0 Å². The van der Waals surface area contributed by atoms with Crippen molar-refractivity contribution in [3.63, 3.8) is 0 Å². The van der Waals surface area contributed by atoms with Gasteiger partial charge >= 0.3 is 5.97 Å². The SMILES string of the molecule is COC(=O)COc1cc(C(=O)Nc2ccc(C)c(Br)c2)ccc1OC. The summed E-state index contributed by atoms with van der Waals surface area (Å²) in [6, 6.07) is 10.3. The molecule has 7 heteroatoms. The predicted octanol–water partition coefficient (Wildman–Crippen LogP) is 3.57. The molecular weight excluding hydrogens is 390 g/mol. The fourth-order valence-electron chi connectivity index (χ4n) is 2.00. The van der Waals surface area contributed by atoms with Crippen LogP contribution in [0.15, 0.2) is 40.9 Å². The predicted molar refractivity (Wildman–Crippen MR) is 97.3 cm³/mol. The first-order chi connectivity index (χ1) is 11.9. The molecule has 25 heavy (non-hydrogen) atoms. The number of halogens is 1. The van der Waals surface area contributed by atoms with Gasteiger partial charge in [-0.1, -0.05) is 22.0 Å². The molecule has 0 saturated carbocycles. The lowest BCUT2D eigenvalue weighted by molar-refractivity contribution is -0.142. The molecule has 0 fully saturated rings. The van der Waals surface area contributed by atoms with Gasteiger partial charge < -0.3 is 19.5 Å². The molecule has 2 aromatic rings. The molecule has 0 bridgehead atoms. The highest BCUT2D eigenvalue weighted by Gasteiger charge is 2.13. The Kier molecular flexibility index (Phi) is 6.41. The molecule has 0 spiro atoms. The highest BCUT2D eigenvalue weighted by Crippen LogP contribution is 2.29. The lowest BCUT2D eigenvalue weighted by Crippen LogP contribution is -2.15. The normalized spacial score (nSPS) is 10.1. The van der Waals surface area contributed by atoms with Gasteiger partial charge in [-0.3, -0.25) is 4.79 Å². The number of carbonyl (C=O) groups is 2. The molecule has 2 aromatic carbocycles. The quantitative estimate of drug-likeness (QED) is 0.740. The number of methoxy groups -OCH3 is 2. The molecule has 0 aromatic heterocycles. The van der Waals surface area contributed by atoms with Crippen LogP contribution in [0.25, 0.3) is 0 Å². The molecule has 132 valence electrons. The van der Waals surface area contributed by atoms with Crippen LogP contribution in [-0.2, 0) is 9.53 Å². The lowest BCUT2D eigenvalue weighted by atomic mass is 10.1. The monoisotopic (exact) mass is 407 g/mol. The van der Waals surface area contributed by atoms with E-state index in [1.807, 2.05) is 25.1 Å². The van der Waals surface area contributed by atoms with Gasteiger partial charge in [0.15, 0.2) is 18.1 Å². The van der Waals surface area contributed by atoms with E-state index < -0.39 is 5.97 Å². The lowest BCUT2D eigenvalue weighted by Gasteiger charge is -2.12. The second-order valence-electron chi connectivity index (χ2n) is 5.15. The second kappa shape index (κ2) is 8.53. The number of ether oxygens (including phenoxy) is 3. The van der Waals surface area contributed by atoms with Gasteiger partial charge in [-0.25, -0.2) is 4.79 Å². The van der Waals surface area contributed by atoms with Gasteiger partial charge in [0.25, 0.3) is 5.91 Å². The zero-order valence-electron chi connectivity index (χ0n) is 14.1. The van der Waals surface area contributed by atoms with Crippen LogP contribution in [-0.4, -0.2) is 32.7 Å². The van der Waals surface area contributed by atoms with Crippen LogP contribution in [0.5, 0.6) is 11.5 Å². The second-order valence-corrected chi connectivity index (χ2v) is 6.00. The maximum Gasteiger partial charge on any atom is 0.343 e. The maximum atomic E-state index is 12.4. The van der Waals surface area contributed by atoms with E-state index in [0.29, 0.717) is 17.0 Å². The Hall–Kier alpha value is -2.54. The molecule has 0 aliphatic carbocycles. The van der Waals surface area contributed by atoms with E-state index in [1.165, 1.54) is 20.3 Å². The topological polar surface area (TPSA) is 73.9 Å². The first-order valence-corrected chi connectivity index (χ1v) is 8.19. The molecule has 0 unspecified atom stereocenters. The molecule has 1 N–H and O–H groups in total. The number of hydrogen-bond acceptors (Lipinski definition) is 5.